The number of ether oxygens (including phenoxy) is 1. The van der Waals surface area contributed by atoms with Gasteiger partial charge in [0.25, 0.3) is 5.91 Å². The Balaban J connectivity index is 1.65. The lowest BCUT2D eigenvalue weighted by atomic mass is 9.98. The third kappa shape index (κ3) is 3.80. The van der Waals surface area contributed by atoms with Crippen molar-refractivity contribution in [1.29, 1.82) is 0 Å². The first-order valence-electron chi connectivity index (χ1n) is 9.36. The summed E-state index contributed by atoms with van der Waals surface area (Å²) in [6.07, 6.45) is 1.93. The summed E-state index contributed by atoms with van der Waals surface area (Å²) < 4.78 is 4.95. The minimum atomic E-state index is -0.801. The van der Waals surface area contributed by atoms with Gasteiger partial charge in [-0.05, 0) is 28.5 Å². The van der Waals surface area contributed by atoms with E-state index >= 15 is 0 Å². The van der Waals surface area contributed by atoms with E-state index in [-0.39, 0.29) is 5.91 Å². The van der Waals surface area contributed by atoms with E-state index in [9.17, 15) is 9.59 Å². The number of fused-ring (bicyclic) bond motifs is 2. The number of amides is 1. The molecule has 0 aliphatic heterocycles. The molecule has 144 valence electrons. The first-order chi connectivity index (χ1) is 14.2. The lowest BCUT2D eigenvalue weighted by Crippen LogP contribution is -2.43. The van der Waals surface area contributed by atoms with Gasteiger partial charge in [0.1, 0.15) is 6.04 Å². The number of para-hydroxylation sites is 1. The Morgan fingerprint density at radius 3 is 2.48 bits per heavy atom. The second-order valence-electron chi connectivity index (χ2n) is 6.77. The van der Waals surface area contributed by atoms with Crippen molar-refractivity contribution in [3.05, 3.63) is 90.1 Å². The Hall–Kier alpha value is -3.73. The van der Waals surface area contributed by atoms with Crippen LogP contribution < -0.4 is 5.32 Å². The van der Waals surface area contributed by atoms with E-state index in [1.807, 2.05) is 66.7 Å². The topological polar surface area (TPSA) is 68.3 Å². The van der Waals surface area contributed by atoms with E-state index in [1.54, 1.807) is 12.3 Å². The number of pyridine rings is 1. The van der Waals surface area contributed by atoms with E-state index in [1.165, 1.54) is 7.11 Å². The van der Waals surface area contributed by atoms with Crippen LogP contribution in [0.5, 0.6) is 0 Å². The van der Waals surface area contributed by atoms with Gasteiger partial charge in [-0.1, -0.05) is 60.7 Å². The van der Waals surface area contributed by atoms with Crippen molar-refractivity contribution in [3.8, 4) is 0 Å². The Labute approximate surface area is 168 Å². The molecular weight excluding hydrogens is 364 g/mol. The average molecular weight is 384 g/mol. The van der Waals surface area contributed by atoms with Gasteiger partial charge in [0.05, 0.1) is 18.2 Å². The first-order valence-corrected chi connectivity index (χ1v) is 9.36. The van der Waals surface area contributed by atoms with Crippen LogP contribution in [-0.2, 0) is 16.0 Å². The molecule has 0 saturated carbocycles. The van der Waals surface area contributed by atoms with E-state index in [4.69, 9.17) is 4.74 Å². The Bertz CT molecular complexity index is 1190. The maximum atomic E-state index is 13.0. The van der Waals surface area contributed by atoms with Gasteiger partial charge in [0, 0.05) is 18.0 Å². The maximum Gasteiger partial charge on any atom is 0.328 e. The fourth-order valence-corrected chi connectivity index (χ4v) is 3.56. The lowest BCUT2D eigenvalue weighted by molar-refractivity contribution is -0.142. The molecule has 4 aromatic rings. The van der Waals surface area contributed by atoms with Crippen molar-refractivity contribution < 1.29 is 14.3 Å². The number of hydrogen-bond donors (Lipinski definition) is 1. The summed E-state index contributed by atoms with van der Waals surface area (Å²) in [5.41, 5.74) is 2.17. The molecule has 0 aliphatic carbocycles. The van der Waals surface area contributed by atoms with Crippen LogP contribution in [-0.4, -0.2) is 30.0 Å². The highest BCUT2D eigenvalue weighted by atomic mass is 16.5. The van der Waals surface area contributed by atoms with Gasteiger partial charge >= 0.3 is 5.97 Å². The van der Waals surface area contributed by atoms with Crippen LogP contribution in [0.3, 0.4) is 0 Å². The van der Waals surface area contributed by atoms with Gasteiger partial charge in [-0.2, -0.15) is 0 Å². The van der Waals surface area contributed by atoms with Crippen molar-refractivity contribution >= 4 is 33.6 Å². The molecule has 0 unspecified atom stereocenters. The molecule has 0 bridgehead atoms. The molecule has 0 spiro atoms. The number of carbonyl (C=O) groups is 2. The van der Waals surface area contributed by atoms with Crippen LogP contribution in [0.2, 0.25) is 0 Å². The lowest BCUT2D eigenvalue weighted by Gasteiger charge is -2.18. The van der Waals surface area contributed by atoms with E-state index in [0.29, 0.717) is 12.0 Å². The fraction of sp³-hybridized carbons (Fsp3) is 0.125. The van der Waals surface area contributed by atoms with Crippen LogP contribution in [0.1, 0.15) is 15.9 Å². The summed E-state index contributed by atoms with van der Waals surface area (Å²) in [6.45, 7) is 0. The van der Waals surface area contributed by atoms with Gasteiger partial charge in [0.15, 0.2) is 0 Å². The molecule has 1 atom stereocenters. The second kappa shape index (κ2) is 8.10. The number of hydrogen-bond acceptors (Lipinski definition) is 4. The van der Waals surface area contributed by atoms with Gasteiger partial charge in [-0.15, -0.1) is 0 Å². The molecule has 1 amide bonds. The van der Waals surface area contributed by atoms with Crippen molar-refractivity contribution in [1.82, 2.24) is 10.3 Å². The molecule has 0 aliphatic rings. The van der Waals surface area contributed by atoms with Gasteiger partial charge in [-0.3, -0.25) is 9.78 Å². The minimum absolute atomic E-state index is 0.334. The highest BCUT2D eigenvalue weighted by molar-refractivity contribution is 6.07. The Kier molecular flexibility index (Phi) is 5.20. The highest BCUT2D eigenvalue weighted by Crippen LogP contribution is 2.21. The van der Waals surface area contributed by atoms with Crippen LogP contribution in [0, 0.1) is 0 Å². The van der Waals surface area contributed by atoms with E-state index < -0.39 is 12.0 Å². The van der Waals surface area contributed by atoms with Gasteiger partial charge in [0.2, 0.25) is 0 Å². The monoisotopic (exact) mass is 384 g/mol. The fourth-order valence-electron chi connectivity index (χ4n) is 3.56. The first kappa shape index (κ1) is 18.6. The number of methoxy groups -OCH3 is 1. The molecule has 3 aromatic carbocycles. The zero-order chi connectivity index (χ0) is 20.2. The summed E-state index contributed by atoms with van der Waals surface area (Å²) >= 11 is 0. The molecule has 1 aromatic heterocycles. The van der Waals surface area contributed by atoms with Gasteiger partial charge in [-0.25, -0.2) is 4.79 Å². The molecular formula is C24H20N2O3. The molecule has 5 heteroatoms. The molecule has 0 fully saturated rings. The quantitative estimate of drug-likeness (QED) is 0.530. The predicted molar refractivity (Wildman–Crippen MR) is 113 cm³/mol. The summed E-state index contributed by atoms with van der Waals surface area (Å²) in [7, 11) is 1.33. The van der Waals surface area contributed by atoms with Crippen LogP contribution in [0.4, 0.5) is 0 Å². The van der Waals surface area contributed by atoms with E-state index in [2.05, 4.69) is 10.3 Å². The minimum Gasteiger partial charge on any atom is -0.467 e. The molecule has 1 heterocycles. The highest BCUT2D eigenvalue weighted by Gasteiger charge is 2.24. The van der Waals surface area contributed by atoms with Gasteiger partial charge < -0.3 is 10.1 Å². The van der Waals surface area contributed by atoms with Crippen molar-refractivity contribution in [2.75, 3.05) is 7.11 Å². The third-order valence-electron chi connectivity index (χ3n) is 4.99. The predicted octanol–water partition coefficient (Wildman–Crippen LogP) is 3.90. The Morgan fingerprint density at radius 2 is 1.66 bits per heavy atom. The summed E-state index contributed by atoms with van der Waals surface area (Å²) in [5, 5.41) is 5.72. The van der Waals surface area contributed by atoms with Crippen molar-refractivity contribution in [3.63, 3.8) is 0 Å². The molecule has 4 rings (SSSR count). The summed E-state index contributed by atoms with van der Waals surface area (Å²) in [4.78, 5) is 29.7. The third-order valence-corrected chi connectivity index (χ3v) is 4.99. The SMILES string of the molecule is COC(=O)[C@H](Cc1cccc2ccccc12)NC(=O)c1ccnc2ccccc12. The number of aromatic nitrogens is 1. The number of rotatable bonds is 5. The van der Waals surface area contributed by atoms with Crippen LogP contribution in [0.25, 0.3) is 21.7 Å². The van der Waals surface area contributed by atoms with Crippen LogP contribution in [0.15, 0.2) is 79.0 Å². The number of benzene rings is 3. The molecule has 5 nitrogen and oxygen atoms in total. The normalized spacial score (nSPS) is 11.9. The molecule has 29 heavy (non-hydrogen) atoms. The summed E-state index contributed by atoms with van der Waals surface area (Å²) in [5.74, 6) is -0.816. The smallest absolute Gasteiger partial charge is 0.328 e. The standard InChI is InChI=1S/C24H20N2O3/c1-29-24(28)22(15-17-9-6-8-16-7-2-3-10-18(16)17)26-23(27)20-13-14-25-21-12-5-4-11-19(20)21/h2-14,22H,15H2,1H3,(H,26,27)/t22-/m0/s1. The number of nitrogens with one attached hydrogen (secondary N) is 1. The van der Waals surface area contributed by atoms with Crippen molar-refractivity contribution in [2.24, 2.45) is 0 Å². The number of nitrogens with zero attached hydrogens (tertiary/aromatic N) is 1. The Morgan fingerprint density at radius 1 is 0.931 bits per heavy atom. The largest absolute Gasteiger partial charge is 0.467 e. The number of esters is 1. The number of carbonyl (C=O) groups excluding carboxylic acids is 2. The maximum absolute atomic E-state index is 13.0. The van der Waals surface area contributed by atoms with E-state index in [0.717, 1.165) is 27.2 Å². The zero-order valence-electron chi connectivity index (χ0n) is 16.0. The zero-order valence-corrected chi connectivity index (χ0v) is 16.0. The molecule has 0 saturated heterocycles. The summed E-state index contributed by atoms with van der Waals surface area (Å²) in [6, 6.07) is 22.2. The molecule has 0 radical (unpaired) electrons. The molecule has 1 N–H and O–H groups in total. The average Bonchev–Trinajstić information content (AvgIpc) is 2.77. The van der Waals surface area contributed by atoms with Crippen molar-refractivity contribution in [2.45, 2.75) is 12.5 Å². The van der Waals surface area contributed by atoms with Crippen LogP contribution >= 0.6 is 0 Å². The second-order valence-corrected chi connectivity index (χ2v) is 6.77.